The van der Waals surface area contributed by atoms with Gasteiger partial charge >= 0.3 is 6.09 Å². The second-order valence-electron chi connectivity index (χ2n) is 6.94. The van der Waals surface area contributed by atoms with Crippen molar-refractivity contribution in [3.05, 3.63) is 53.6 Å². The lowest BCUT2D eigenvalue weighted by Crippen LogP contribution is -2.24. The number of hydrogen-bond acceptors (Lipinski definition) is 5. The van der Waals surface area contributed by atoms with Gasteiger partial charge in [-0.15, -0.1) is 0 Å². The van der Waals surface area contributed by atoms with E-state index in [1.165, 1.54) is 7.11 Å². The molecule has 1 aliphatic rings. The van der Waals surface area contributed by atoms with E-state index < -0.39 is 6.09 Å². The lowest BCUT2D eigenvalue weighted by Gasteiger charge is -2.26. The van der Waals surface area contributed by atoms with E-state index in [2.05, 4.69) is 20.3 Å². The minimum absolute atomic E-state index is 0.0493. The standard InChI is InChI=1S/C21H25N3O4/c1-24(2)10-11-28-16-7-4-14(5-8-16)18-13-20(25)23-19-12-15(6-9-17(18)19)22-21(26)27-3/h4-9,12,18H,10-11,13H2,1-3H3,(H,22,26)(H,23,25). The van der Waals surface area contributed by atoms with Crippen molar-refractivity contribution < 1.29 is 19.1 Å². The third kappa shape index (κ3) is 4.80. The molecule has 1 atom stereocenters. The predicted molar refractivity (Wildman–Crippen MR) is 108 cm³/mol. The van der Waals surface area contributed by atoms with Crippen LogP contribution in [0.1, 0.15) is 23.5 Å². The lowest BCUT2D eigenvalue weighted by atomic mass is 9.84. The van der Waals surface area contributed by atoms with Gasteiger partial charge in [-0.3, -0.25) is 10.1 Å². The van der Waals surface area contributed by atoms with E-state index in [9.17, 15) is 9.59 Å². The zero-order valence-corrected chi connectivity index (χ0v) is 16.3. The molecule has 0 saturated carbocycles. The predicted octanol–water partition coefficient (Wildman–Crippen LogP) is 3.28. The number of methoxy groups -OCH3 is 1. The molecule has 0 bridgehead atoms. The fraction of sp³-hybridized carbons (Fsp3) is 0.333. The SMILES string of the molecule is COC(=O)Nc1ccc2c(c1)NC(=O)CC2c1ccc(OCCN(C)C)cc1. The van der Waals surface area contributed by atoms with E-state index in [0.717, 1.165) is 23.4 Å². The number of anilines is 2. The third-order valence-corrected chi connectivity index (χ3v) is 4.61. The van der Waals surface area contributed by atoms with E-state index in [1.54, 1.807) is 12.1 Å². The lowest BCUT2D eigenvalue weighted by molar-refractivity contribution is -0.116. The number of benzene rings is 2. The van der Waals surface area contributed by atoms with E-state index in [0.29, 0.717) is 24.4 Å². The van der Waals surface area contributed by atoms with E-state index in [-0.39, 0.29) is 11.8 Å². The Kier molecular flexibility index (Phi) is 6.16. The van der Waals surface area contributed by atoms with Crippen LogP contribution in [0.25, 0.3) is 0 Å². The van der Waals surface area contributed by atoms with Crippen molar-refractivity contribution in [3.63, 3.8) is 0 Å². The molecular formula is C21H25N3O4. The third-order valence-electron chi connectivity index (χ3n) is 4.61. The van der Waals surface area contributed by atoms with Gasteiger partial charge in [0.05, 0.1) is 7.11 Å². The first-order chi connectivity index (χ1) is 13.5. The molecule has 7 nitrogen and oxygen atoms in total. The molecule has 28 heavy (non-hydrogen) atoms. The van der Waals surface area contributed by atoms with Crippen LogP contribution in [0.15, 0.2) is 42.5 Å². The maximum Gasteiger partial charge on any atom is 0.411 e. The number of likely N-dealkylation sites (N-methyl/N-ethyl adjacent to an activating group) is 1. The van der Waals surface area contributed by atoms with Crippen molar-refractivity contribution >= 4 is 23.4 Å². The van der Waals surface area contributed by atoms with Gasteiger partial charge in [0.25, 0.3) is 0 Å². The number of carbonyl (C=O) groups excluding carboxylic acids is 2. The van der Waals surface area contributed by atoms with Crippen LogP contribution >= 0.6 is 0 Å². The van der Waals surface area contributed by atoms with Crippen molar-refractivity contribution in [2.24, 2.45) is 0 Å². The Labute approximate surface area is 164 Å². The Hall–Kier alpha value is -3.06. The van der Waals surface area contributed by atoms with Gasteiger partial charge in [-0.05, 0) is 49.5 Å². The highest BCUT2D eigenvalue weighted by Crippen LogP contribution is 2.38. The molecule has 0 spiro atoms. The molecule has 2 aromatic carbocycles. The Morgan fingerprint density at radius 2 is 1.96 bits per heavy atom. The summed E-state index contributed by atoms with van der Waals surface area (Å²) in [5.74, 6) is 0.703. The molecule has 2 amide bonds. The first-order valence-electron chi connectivity index (χ1n) is 9.12. The summed E-state index contributed by atoms with van der Waals surface area (Å²) in [6.45, 7) is 1.47. The molecule has 3 rings (SSSR count). The zero-order valence-electron chi connectivity index (χ0n) is 16.3. The second kappa shape index (κ2) is 8.75. The summed E-state index contributed by atoms with van der Waals surface area (Å²) in [5, 5.41) is 5.49. The van der Waals surface area contributed by atoms with Gasteiger partial charge in [-0.2, -0.15) is 0 Å². The van der Waals surface area contributed by atoms with Crippen LogP contribution in [0.4, 0.5) is 16.2 Å². The zero-order chi connectivity index (χ0) is 20.1. The monoisotopic (exact) mass is 383 g/mol. The van der Waals surface area contributed by atoms with Crippen molar-refractivity contribution in [3.8, 4) is 5.75 Å². The molecule has 148 valence electrons. The number of nitrogens with zero attached hydrogens (tertiary/aromatic N) is 1. The van der Waals surface area contributed by atoms with Crippen LogP contribution in [0.5, 0.6) is 5.75 Å². The summed E-state index contributed by atoms with van der Waals surface area (Å²) in [5.41, 5.74) is 3.32. The molecule has 0 radical (unpaired) electrons. The highest BCUT2D eigenvalue weighted by Gasteiger charge is 2.26. The molecule has 0 aromatic heterocycles. The smallest absolute Gasteiger partial charge is 0.411 e. The largest absolute Gasteiger partial charge is 0.492 e. The number of carbonyl (C=O) groups is 2. The van der Waals surface area contributed by atoms with Crippen LogP contribution in [-0.4, -0.2) is 51.3 Å². The summed E-state index contributed by atoms with van der Waals surface area (Å²) >= 11 is 0. The molecule has 2 aromatic rings. The quantitative estimate of drug-likeness (QED) is 0.800. The van der Waals surface area contributed by atoms with Gasteiger partial charge in [0.1, 0.15) is 12.4 Å². The van der Waals surface area contributed by atoms with Gasteiger partial charge in [0.2, 0.25) is 5.91 Å². The minimum Gasteiger partial charge on any atom is -0.492 e. The number of nitrogens with one attached hydrogen (secondary N) is 2. The minimum atomic E-state index is -0.552. The van der Waals surface area contributed by atoms with Crippen LogP contribution in [0.2, 0.25) is 0 Å². The Bertz CT molecular complexity index is 849. The van der Waals surface area contributed by atoms with Gasteiger partial charge < -0.3 is 19.7 Å². The average molecular weight is 383 g/mol. The first-order valence-corrected chi connectivity index (χ1v) is 9.12. The summed E-state index contributed by atoms with van der Waals surface area (Å²) in [7, 11) is 5.31. The van der Waals surface area contributed by atoms with Gasteiger partial charge in [0, 0.05) is 30.3 Å². The van der Waals surface area contributed by atoms with Crippen LogP contribution < -0.4 is 15.4 Å². The van der Waals surface area contributed by atoms with E-state index in [4.69, 9.17) is 4.74 Å². The molecule has 1 aliphatic heterocycles. The molecule has 0 fully saturated rings. The Morgan fingerprint density at radius 1 is 1.21 bits per heavy atom. The van der Waals surface area contributed by atoms with Crippen LogP contribution in [-0.2, 0) is 9.53 Å². The molecule has 0 saturated heterocycles. The topological polar surface area (TPSA) is 79.9 Å². The number of fused-ring (bicyclic) bond motifs is 1. The average Bonchev–Trinajstić information content (AvgIpc) is 2.67. The summed E-state index contributed by atoms with van der Waals surface area (Å²) in [6, 6.07) is 13.3. The normalized spacial score (nSPS) is 15.6. The van der Waals surface area contributed by atoms with Crippen molar-refractivity contribution in [2.75, 3.05) is 45.0 Å². The number of rotatable bonds is 6. The van der Waals surface area contributed by atoms with E-state index in [1.807, 2.05) is 44.4 Å². The molecule has 1 heterocycles. The summed E-state index contributed by atoms with van der Waals surface area (Å²) in [4.78, 5) is 25.7. The maximum atomic E-state index is 12.2. The summed E-state index contributed by atoms with van der Waals surface area (Å²) in [6.07, 6.45) is -0.180. The molecule has 1 unspecified atom stereocenters. The molecular weight excluding hydrogens is 358 g/mol. The number of amides is 2. The van der Waals surface area contributed by atoms with Crippen LogP contribution in [0, 0.1) is 0 Å². The van der Waals surface area contributed by atoms with Crippen molar-refractivity contribution in [1.82, 2.24) is 4.90 Å². The highest BCUT2D eigenvalue weighted by molar-refractivity contribution is 5.96. The van der Waals surface area contributed by atoms with Crippen molar-refractivity contribution in [1.29, 1.82) is 0 Å². The van der Waals surface area contributed by atoms with E-state index >= 15 is 0 Å². The second-order valence-corrected chi connectivity index (χ2v) is 6.94. The maximum absolute atomic E-state index is 12.2. The Morgan fingerprint density at radius 3 is 2.64 bits per heavy atom. The Balaban J connectivity index is 1.78. The molecule has 2 N–H and O–H groups in total. The molecule has 7 heteroatoms. The fourth-order valence-electron chi connectivity index (χ4n) is 3.15. The van der Waals surface area contributed by atoms with Gasteiger partial charge in [0.15, 0.2) is 0 Å². The van der Waals surface area contributed by atoms with Gasteiger partial charge in [-0.25, -0.2) is 4.79 Å². The van der Waals surface area contributed by atoms with Crippen molar-refractivity contribution in [2.45, 2.75) is 12.3 Å². The fourth-order valence-corrected chi connectivity index (χ4v) is 3.15. The molecule has 0 aliphatic carbocycles. The summed E-state index contributed by atoms with van der Waals surface area (Å²) < 4.78 is 10.4. The highest BCUT2D eigenvalue weighted by atomic mass is 16.5. The van der Waals surface area contributed by atoms with Crippen LogP contribution in [0.3, 0.4) is 0 Å². The van der Waals surface area contributed by atoms with Gasteiger partial charge in [-0.1, -0.05) is 18.2 Å². The number of hydrogen-bond donors (Lipinski definition) is 2. The first kappa shape index (κ1) is 19.7. The number of ether oxygens (including phenoxy) is 2.